The van der Waals surface area contributed by atoms with Crippen LogP contribution in [-0.4, -0.2) is 21.4 Å². The van der Waals surface area contributed by atoms with Gasteiger partial charge in [-0.25, -0.2) is 4.79 Å². The lowest BCUT2D eigenvalue weighted by Crippen LogP contribution is -2.21. The second-order valence-corrected chi connectivity index (χ2v) is 5.55. The molecule has 0 radical (unpaired) electrons. The number of ketones is 1. The van der Waals surface area contributed by atoms with Gasteiger partial charge >= 0.3 is 5.97 Å². The molecular formula is C17H17NO3. The first-order valence-corrected chi connectivity index (χ1v) is 7.09. The lowest BCUT2D eigenvalue weighted by Gasteiger charge is -2.27. The number of carboxylic acids is 1. The first kappa shape index (κ1) is 13.6. The summed E-state index contributed by atoms with van der Waals surface area (Å²) in [5.74, 6) is -1.09. The van der Waals surface area contributed by atoms with Crippen LogP contribution in [0.5, 0.6) is 0 Å². The number of aromatic carboxylic acids is 1. The molecule has 1 atom stereocenters. The minimum atomic E-state index is -0.985. The van der Waals surface area contributed by atoms with E-state index in [0.29, 0.717) is 5.56 Å². The van der Waals surface area contributed by atoms with E-state index in [-0.39, 0.29) is 17.5 Å². The highest BCUT2D eigenvalue weighted by Gasteiger charge is 2.24. The Morgan fingerprint density at radius 1 is 1.24 bits per heavy atom. The summed E-state index contributed by atoms with van der Waals surface area (Å²) >= 11 is 0. The van der Waals surface area contributed by atoms with E-state index in [0.717, 1.165) is 19.3 Å². The van der Waals surface area contributed by atoms with Crippen LogP contribution in [0.1, 0.15) is 51.4 Å². The van der Waals surface area contributed by atoms with Crippen LogP contribution >= 0.6 is 0 Å². The Morgan fingerprint density at radius 2 is 1.95 bits per heavy atom. The molecule has 4 nitrogen and oxygen atoms in total. The number of Topliss-reactive ketones (excluding diaryl/α,β-unsaturated/α-hetero) is 1. The normalized spacial score (nSPS) is 17.3. The van der Waals surface area contributed by atoms with Crippen molar-refractivity contribution in [2.24, 2.45) is 0 Å². The number of aryl methyl sites for hydroxylation is 1. The first-order chi connectivity index (χ1) is 10.1. The predicted octanol–water partition coefficient (Wildman–Crippen LogP) is 3.12. The fraction of sp³-hybridized carbons (Fsp3) is 0.294. The van der Waals surface area contributed by atoms with Gasteiger partial charge in [0, 0.05) is 17.8 Å². The van der Waals surface area contributed by atoms with Gasteiger partial charge < -0.3 is 9.67 Å². The molecule has 3 rings (SSSR count). The lowest BCUT2D eigenvalue weighted by molar-refractivity contribution is 0.0682. The molecule has 0 saturated carbocycles. The summed E-state index contributed by atoms with van der Waals surface area (Å²) in [5, 5.41) is 9.35. The summed E-state index contributed by atoms with van der Waals surface area (Å²) < 4.78 is 1.76. The molecule has 1 aliphatic rings. The number of benzene rings is 1. The van der Waals surface area contributed by atoms with Gasteiger partial charge in [-0.1, -0.05) is 24.3 Å². The topological polar surface area (TPSA) is 59.3 Å². The first-order valence-electron chi connectivity index (χ1n) is 7.09. The van der Waals surface area contributed by atoms with Crippen molar-refractivity contribution >= 4 is 11.8 Å². The summed E-state index contributed by atoms with van der Waals surface area (Å²) in [6.07, 6.45) is 4.32. The highest BCUT2D eigenvalue weighted by atomic mass is 16.4. The van der Waals surface area contributed by atoms with Gasteiger partial charge in [0.25, 0.3) is 0 Å². The Hall–Kier alpha value is -2.36. The molecule has 4 heteroatoms. The van der Waals surface area contributed by atoms with Gasteiger partial charge in [-0.05, 0) is 43.4 Å². The average molecular weight is 283 g/mol. The van der Waals surface area contributed by atoms with Crippen molar-refractivity contribution in [2.75, 3.05) is 0 Å². The van der Waals surface area contributed by atoms with E-state index in [1.807, 2.05) is 12.1 Å². The molecule has 0 aliphatic heterocycles. The van der Waals surface area contributed by atoms with Crippen LogP contribution < -0.4 is 0 Å². The van der Waals surface area contributed by atoms with Crippen LogP contribution in [0.2, 0.25) is 0 Å². The molecule has 0 bridgehead atoms. The van der Waals surface area contributed by atoms with E-state index >= 15 is 0 Å². The summed E-state index contributed by atoms with van der Waals surface area (Å²) in [6, 6.07) is 9.84. The van der Waals surface area contributed by atoms with Crippen LogP contribution in [0.15, 0.2) is 36.5 Å². The number of carboxylic acid groups (broad SMARTS) is 1. The fourth-order valence-corrected chi connectivity index (χ4v) is 3.06. The quantitative estimate of drug-likeness (QED) is 0.880. The van der Waals surface area contributed by atoms with Crippen LogP contribution in [0.3, 0.4) is 0 Å². The second-order valence-electron chi connectivity index (χ2n) is 5.55. The number of carbonyl (C=O) groups is 2. The SMILES string of the molecule is CC(=O)c1cc(C(=O)O)n(C2CCc3ccccc3C2)c1. The van der Waals surface area contributed by atoms with Gasteiger partial charge in [-0.3, -0.25) is 4.79 Å². The summed E-state index contributed by atoms with van der Waals surface area (Å²) in [5.41, 5.74) is 3.27. The molecule has 108 valence electrons. The molecule has 2 aromatic rings. The maximum absolute atomic E-state index is 11.5. The van der Waals surface area contributed by atoms with Crippen LogP contribution in [-0.2, 0) is 12.8 Å². The van der Waals surface area contributed by atoms with E-state index in [1.54, 1.807) is 10.8 Å². The molecule has 0 saturated heterocycles. The number of hydrogen-bond donors (Lipinski definition) is 1. The Labute approximate surface area is 123 Å². The number of fused-ring (bicyclic) bond motifs is 1. The largest absolute Gasteiger partial charge is 0.477 e. The van der Waals surface area contributed by atoms with Gasteiger partial charge in [-0.15, -0.1) is 0 Å². The Balaban J connectivity index is 1.98. The van der Waals surface area contributed by atoms with Gasteiger partial charge in [0.15, 0.2) is 5.78 Å². The van der Waals surface area contributed by atoms with Crippen molar-refractivity contribution in [1.29, 1.82) is 0 Å². The number of aromatic nitrogens is 1. The molecule has 0 fully saturated rings. The maximum Gasteiger partial charge on any atom is 0.352 e. The van der Waals surface area contributed by atoms with Crippen molar-refractivity contribution in [1.82, 2.24) is 4.57 Å². The highest BCUT2D eigenvalue weighted by molar-refractivity contribution is 5.97. The molecule has 1 aliphatic carbocycles. The third kappa shape index (κ3) is 2.49. The number of hydrogen-bond acceptors (Lipinski definition) is 2. The number of rotatable bonds is 3. The van der Waals surface area contributed by atoms with Gasteiger partial charge in [0.2, 0.25) is 0 Å². The summed E-state index contributed by atoms with van der Waals surface area (Å²) in [4.78, 5) is 22.9. The molecule has 1 aromatic heterocycles. The van der Waals surface area contributed by atoms with Crippen LogP contribution in [0.25, 0.3) is 0 Å². The molecule has 1 unspecified atom stereocenters. The fourth-order valence-electron chi connectivity index (χ4n) is 3.06. The van der Waals surface area contributed by atoms with E-state index < -0.39 is 5.97 Å². The second kappa shape index (κ2) is 5.20. The smallest absolute Gasteiger partial charge is 0.352 e. The zero-order valence-electron chi connectivity index (χ0n) is 11.9. The summed E-state index contributed by atoms with van der Waals surface area (Å²) in [6.45, 7) is 1.46. The molecule has 21 heavy (non-hydrogen) atoms. The Bertz CT molecular complexity index is 715. The number of carbonyl (C=O) groups excluding carboxylic acids is 1. The van der Waals surface area contributed by atoms with Crippen molar-refractivity contribution in [2.45, 2.75) is 32.2 Å². The van der Waals surface area contributed by atoms with Crippen molar-refractivity contribution < 1.29 is 14.7 Å². The van der Waals surface area contributed by atoms with Crippen LogP contribution in [0, 0.1) is 0 Å². The molecule has 0 spiro atoms. The van der Waals surface area contributed by atoms with Gasteiger partial charge in [0.05, 0.1) is 0 Å². The average Bonchev–Trinajstić information content (AvgIpc) is 2.92. The molecular weight excluding hydrogens is 266 g/mol. The van der Waals surface area contributed by atoms with Gasteiger partial charge in [0.1, 0.15) is 5.69 Å². The van der Waals surface area contributed by atoms with Crippen LogP contribution in [0.4, 0.5) is 0 Å². The maximum atomic E-state index is 11.5. The standard InChI is InChI=1S/C17H17NO3/c1-11(19)14-9-16(17(20)21)18(10-14)15-7-6-12-4-2-3-5-13(12)8-15/h2-5,9-10,15H,6-8H2,1H3,(H,20,21). The zero-order valence-corrected chi connectivity index (χ0v) is 11.9. The van der Waals surface area contributed by atoms with E-state index in [4.69, 9.17) is 0 Å². The van der Waals surface area contributed by atoms with Crippen molar-refractivity contribution in [3.05, 3.63) is 58.9 Å². The van der Waals surface area contributed by atoms with E-state index in [2.05, 4.69) is 12.1 Å². The minimum Gasteiger partial charge on any atom is -0.477 e. The Kier molecular flexibility index (Phi) is 3.37. The number of nitrogens with zero attached hydrogens (tertiary/aromatic N) is 1. The molecule has 1 heterocycles. The van der Waals surface area contributed by atoms with E-state index in [9.17, 15) is 14.7 Å². The van der Waals surface area contributed by atoms with Crippen molar-refractivity contribution in [3.63, 3.8) is 0 Å². The third-order valence-electron chi connectivity index (χ3n) is 4.19. The zero-order chi connectivity index (χ0) is 15.0. The Morgan fingerprint density at radius 3 is 2.62 bits per heavy atom. The van der Waals surface area contributed by atoms with Crippen molar-refractivity contribution in [3.8, 4) is 0 Å². The monoisotopic (exact) mass is 283 g/mol. The highest BCUT2D eigenvalue weighted by Crippen LogP contribution is 2.30. The minimum absolute atomic E-state index is 0.0964. The third-order valence-corrected chi connectivity index (χ3v) is 4.19. The molecule has 1 N–H and O–H groups in total. The molecule has 0 amide bonds. The van der Waals surface area contributed by atoms with E-state index in [1.165, 1.54) is 24.1 Å². The van der Waals surface area contributed by atoms with Gasteiger partial charge in [-0.2, -0.15) is 0 Å². The lowest BCUT2D eigenvalue weighted by atomic mass is 9.88. The molecule has 1 aromatic carbocycles. The summed E-state index contributed by atoms with van der Waals surface area (Å²) in [7, 11) is 0. The predicted molar refractivity (Wildman–Crippen MR) is 78.9 cm³/mol.